The van der Waals surface area contributed by atoms with E-state index in [9.17, 15) is 9.59 Å². The van der Waals surface area contributed by atoms with Gasteiger partial charge in [0, 0.05) is 16.3 Å². The Kier molecular flexibility index (Phi) is 4.88. The van der Waals surface area contributed by atoms with Gasteiger partial charge < -0.3 is 0 Å². The summed E-state index contributed by atoms with van der Waals surface area (Å²) in [5, 5.41) is -0.197. The average molecular weight is 341 g/mol. The van der Waals surface area contributed by atoms with Crippen LogP contribution in [-0.2, 0) is 4.79 Å². The molecular weight excluding hydrogens is 326 g/mol. The first-order chi connectivity index (χ1) is 11.2. The van der Waals surface area contributed by atoms with Crippen LogP contribution in [0.25, 0.3) is 6.08 Å². The van der Waals surface area contributed by atoms with Crippen LogP contribution in [-0.4, -0.2) is 22.6 Å². The molecule has 1 aliphatic heterocycles. The molecule has 2 amide bonds. The number of carbonyl (C=O) groups excluding carboxylic acids is 2. The highest BCUT2D eigenvalue weighted by molar-refractivity contribution is 8.18. The number of amides is 2. The van der Waals surface area contributed by atoms with Crippen molar-refractivity contribution in [1.29, 1.82) is 0 Å². The smallest absolute Gasteiger partial charge is 0.269 e. The van der Waals surface area contributed by atoms with Gasteiger partial charge in [-0.15, -0.1) is 0 Å². The fourth-order valence-corrected chi connectivity index (χ4v) is 4.05. The van der Waals surface area contributed by atoms with E-state index in [1.54, 1.807) is 18.7 Å². The summed E-state index contributed by atoms with van der Waals surface area (Å²) in [5.74, 6) is -0.206. The highest BCUT2D eigenvalue weighted by Gasteiger charge is 2.33. The van der Waals surface area contributed by atoms with Gasteiger partial charge in [0.05, 0.1) is 4.91 Å². The van der Waals surface area contributed by atoms with Crippen LogP contribution in [0.2, 0.25) is 0 Å². The number of hydrogen-bond donors (Lipinski definition) is 0. The van der Waals surface area contributed by atoms with E-state index in [1.165, 1.54) is 4.90 Å². The van der Waals surface area contributed by atoms with Gasteiger partial charge in [-0.05, 0) is 48.5 Å². The molecule has 3 rings (SSSR count). The summed E-state index contributed by atoms with van der Waals surface area (Å²) in [7, 11) is 0. The molecule has 5 heteroatoms. The molecule has 0 spiro atoms. The van der Waals surface area contributed by atoms with E-state index >= 15 is 0 Å². The maximum Gasteiger partial charge on any atom is 0.293 e. The van der Waals surface area contributed by atoms with E-state index in [0.29, 0.717) is 11.4 Å². The third-order valence-corrected chi connectivity index (χ3v) is 5.37. The van der Waals surface area contributed by atoms with Gasteiger partial charge >= 0.3 is 0 Å². The number of benzene rings is 2. The molecule has 0 N–H and O–H groups in total. The molecule has 116 valence electrons. The summed E-state index contributed by atoms with van der Waals surface area (Å²) >= 11 is 2.65. The maximum absolute atomic E-state index is 12.2. The second kappa shape index (κ2) is 7.06. The predicted molar refractivity (Wildman–Crippen MR) is 95.4 cm³/mol. The SMILES string of the molecule is CCN1C(=O)S/C(=C\c2ccccc2Sc2ccccc2)C1=O. The Bertz CT molecular complexity index is 772. The van der Waals surface area contributed by atoms with Gasteiger partial charge in [0.25, 0.3) is 11.1 Å². The van der Waals surface area contributed by atoms with Gasteiger partial charge in [0.15, 0.2) is 0 Å². The van der Waals surface area contributed by atoms with Gasteiger partial charge in [0.2, 0.25) is 0 Å². The van der Waals surface area contributed by atoms with Gasteiger partial charge in [-0.25, -0.2) is 0 Å². The van der Waals surface area contributed by atoms with Crippen molar-refractivity contribution in [3.8, 4) is 0 Å². The first kappa shape index (κ1) is 15.9. The number of likely N-dealkylation sites (N-methyl/N-ethyl adjacent to an activating group) is 1. The molecule has 1 fully saturated rings. The molecule has 0 saturated carbocycles. The summed E-state index contributed by atoms with van der Waals surface area (Å²) < 4.78 is 0. The minimum absolute atomic E-state index is 0.197. The molecule has 1 heterocycles. The average Bonchev–Trinajstić information content (AvgIpc) is 2.83. The molecule has 2 aromatic rings. The normalized spacial score (nSPS) is 16.4. The van der Waals surface area contributed by atoms with Crippen molar-refractivity contribution >= 4 is 40.7 Å². The molecule has 0 bridgehead atoms. The van der Waals surface area contributed by atoms with Gasteiger partial charge in [0.1, 0.15) is 0 Å². The molecule has 3 nitrogen and oxygen atoms in total. The van der Waals surface area contributed by atoms with Crippen LogP contribution in [0.1, 0.15) is 12.5 Å². The first-order valence-corrected chi connectivity index (χ1v) is 8.89. The predicted octanol–water partition coefficient (Wildman–Crippen LogP) is 4.89. The second-order valence-corrected chi connectivity index (χ2v) is 6.99. The number of imide groups is 1. The number of nitrogens with zero attached hydrogens (tertiary/aromatic N) is 1. The molecule has 1 aliphatic rings. The van der Waals surface area contributed by atoms with Gasteiger partial charge in [-0.1, -0.05) is 48.2 Å². The lowest BCUT2D eigenvalue weighted by molar-refractivity contribution is -0.122. The Balaban J connectivity index is 1.91. The standard InChI is InChI=1S/C18H15NO2S2/c1-2-19-17(20)16(23-18(19)21)12-13-8-6-7-11-15(13)22-14-9-4-3-5-10-14/h3-12H,2H2,1H3/b16-12-. The van der Waals surface area contributed by atoms with Crippen LogP contribution < -0.4 is 0 Å². The Labute approximate surface area is 143 Å². The summed E-state index contributed by atoms with van der Waals surface area (Å²) in [6.45, 7) is 2.21. The van der Waals surface area contributed by atoms with Crippen LogP contribution in [0, 0.1) is 0 Å². The summed E-state index contributed by atoms with van der Waals surface area (Å²) in [6, 6.07) is 18.0. The summed E-state index contributed by atoms with van der Waals surface area (Å²) in [4.78, 5) is 28.0. The Hall–Kier alpha value is -1.98. The lowest BCUT2D eigenvalue weighted by Crippen LogP contribution is -2.27. The molecule has 2 aromatic carbocycles. The first-order valence-electron chi connectivity index (χ1n) is 7.26. The van der Waals surface area contributed by atoms with Crippen molar-refractivity contribution in [2.24, 2.45) is 0 Å². The van der Waals surface area contributed by atoms with Crippen molar-refractivity contribution in [2.45, 2.75) is 16.7 Å². The highest BCUT2D eigenvalue weighted by atomic mass is 32.2. The highest BCUT2D eigenvalue weighted by Crippen LogP contribution is 2.35. The molecule has 0 aliphatic carbocycles. The minimum Gasteiger partial charge on any atom is -0.269 e. The Morgan fingerprint density at radius 2 is 1.74 bits per heavy atom. The molecule has 23 heavy (non-hydrogen) atoms. The lowest BCUT2D eigenvalue weighted by atomic mass is 10.2. The van der Waals surface area contributed by atoms with E-state index < -0.39 is 0 Å². The van der Waals surface area contributed by atoms with Gasteiger partial charge in [-0.3, -0.25) is 14.5 Å². The van der Waals surface area contributed by atoms with Gasteiger partial charge in [-0.2, -0.15) is 0 Å². The summed E-state index contributed by atoms with van der Waals surface area (Å²) in [5.41, 5.74) is 0.947. The maximum atomic E-state index is 12.2. The number of rotatable bonds is 4. The molecule has 0 atom stereocenters. The number of carbonyl (C=O) groups is 2. The molecular formula is C18H15NO2S2. The fourth-order valence-electron chi connectivity index (χ4n) is 2.22. The Morgan fingerprint density at radius 1 is 1.04 bits per heavy atom. The third-order valence-electron chi connectivity index (χ3n) is 3.37. The summed E-state index contributed by atoms with van der Waals surface area (Å²) in [6.07, 6.45) is 1.81. The van der Waals surface area contributed by atoms with E-state index in [4.69, 9.17) is 0 Å². The molecule has 0 aromatic heterocycles. The second-order valence-electron chi connectivity index (χ2n) is 4.88. The molecule has 0 unspecified atom stereocenters. The third kappa shape index (κ3) is 3.51. The largest absolute Gasteiger partial charge is 0.293 e. The van der Waals surface area contributed by atoms with Crippen molar-refractivity contribution in [3.63, 3.8) is 0 Å². The Morgan fingerprint density at radius 3 is 2.43 bits per heavy atom. The van der Waals surface area contributed by atoms with Crippen molar-refractivity contribution < 1.29 is 9.59 Å². The van der Waals surface area contributed by atoms with Crippen molar-refractivity contribution in [1.82, 2.24) is 4.90 Å². The minimum atomic E-state index is -0.206. The van der Waals surface area contributed by atoms with E-state index in [2.05, 4.69) is 0 Å². The zero-order valence-corrected chi connectivity index (χ0v) is 14.2. The number of thioether (sulfide) groups is 1. The van der Waals surface area contributed by atoms with Crippen LogP contribution in [0.3, 0.4) is 0 Å². The zero-order valence-electron chi connectivity index (χ0n) is 12.6. The van der Waals surface area contributed by atoms with E-state index in [0.717, 1.165) is 27.1 Å². The molecule has 0 radical (unpaired) electrons. The monoisotopic (exact) mass is 341 g/mol. The van der Waals surface area contributed by atoms with Crippen LogP contribution in [0.4, 0.5) is 4.79 Å². The quantitative estimate of drug-likeness (QED) is 0.742. The van der Waals surface area contributed by atoms with Crippen LogP contribution >= 0.6 is 23.5 Å². The molecule has 1 saturated heterocycles. The number of hydrogen-bond acceptors (Lipinski definition) is 4. The van der Waals surface area contributed by atoms with E-state index in [1.807, 2.05) is 60.7 Å². The van der Waals surface area contributed by atoms with Crippen LogP contribution in [0.5, 0.6) is 0 Å². The lowest BCUT2D eigenvalue weighted by Gasteiger charge is -2.08. The topological polar surface area (TPSA) is 37.4 Å². The van der Waals surface area contributed by atoms with Crippen molar-refractivity contribution in [2.75, 3.05) is 6.54 Å². The zero-order chi connectivity index (χ0) is 16.2. The fraction of sp³-hybridized carbons (Fsp3) is 0.111. The van der Waals surface area contributed by atoms with Crippen LogP contribution in [0.15, 0.2) is 69.3 Å². The van der Waals surface area contributed by atoms with E-state index in [-0.39, 0.29) is 11.1 Å². The van der Waals surface area contributed by atoms with Crippen molar-refractivity contribution in [3.05, 3.63) is 65.1 Å².